The van der Waals surface area contributed by atoms with Crippen molar-refractivity contribution in [1.29, 1.82) is 0 Å². The lowest BCUT2D eigenvalue weighted by atomic mass is 10.2. The molecular formula is C17H20N2O4S. The molecule has 0 spiro atoms. The number of carbonyl (C=O) groups excluding carboxylic acids is 3. The zero-order valence-corrected chi connectivity index (χ0v) is 14.4. The van der Waals surface area contributed by atoms with Gasteiger partial charge >= 0.3 is 5.97 Å². The Morgan fingerprint density at radius 3 is 2.50 bits per heavy atom. The van der Waals surface area contributed by atoms with Gasteiger partial charge in [0.1, 0.15) is 0 Å². The van der Waals surface area contributed by atoms with Crippen LogP contribution in [0.5, 0.6) is 0 Å². The zero-order chi connectivity index (χ0) is 17.1. The zero-order valence-electron chi connectivity index (χ0n) is 13.6. The van der Waals surface area contributed by atoms with Gasteiger partial charge in [0.25, 0.3) is 5.91 Å². The van der Waals surface area contributed by atoms with E-state index in [1.54, 1.807) is 31.2 Å². The van der Waals surface area contributed by atoms with E-state index in [0.717, 1.165) is 24.6 Å². The number of imide groups is 1. The average Bonchev–Trinajstić information content (AvgIpc) is 2.90. The number of carbonyl (C=O) groups is 3. The van der Waals surface area contributed by atoms with Gasteiger partial charge in [0.15, 0.2) is 0 Å². The molecule has 2 fully saturated rings. The maximum absolute atomic E-state index is 12.7. The highest BCUT2D eigenvalue weighted by Crippen LogP contribution is 2.27. The summed E-state index contributed by atoms with van der Waals surface area (Å²) in [6.45, 7) is 3.72. The van der Waals surface area contributed by atoms with Gasteiger partial charge in [-0.15, -0.1) is 0 Å². The summed E-state index contributed by atoms with van der Waals surface area (Å²) in [4.78, 5) is 40.1. The van der Waals surface area contributed by atoms with Crippen molar-refractivity contribution in [2.75, 3.05) is 36.1 Å². The fraction of sp³-hybridized carbons (Fsp3) is 0.471. The summed E-state index contributed by atoms with van der Waals surface area (Å²) in [5, 5.41) is 0. The maximum atomic E-state index is 12.7. The van der Waals surface area contributed by atoms with Crippen LogP contribution in [-0.4, -0.2) is 59.9 Å². The fourth-order valence-corrected chi connectivity index (χ4v) is 3.95. The van der Waals surface area contributed by atoms with Crippen LogP contribution in [0.1, 0.15) is 23.7 Å². The molecule has 0 N–H and O–H groups in total. The topological polar surface area (TPSA) is 66.9 Å². The second-order valence-corrected chi connectivity index (χ2v) is 6.93. The Kier molecular flexibility index (Phi) is 5.20. The van der Waals surface area contributed by atoms with Crippen LogP contribution in [0, 0.1) is 0 Å². The van der Waals surface area contributed by atoms with Crippen molar-refractivity contribution in [2.45, 2.75) is 19.4 Å². The van der Waals surface area contributed by atoms with E-state index in [9.17, 15) is 14.4 Å². The van der Waals surface area contributed by atoms with Crippen molar-refractivity contribution in [2.24, 2.45) is 0 Å². The van der Waals surface area contributed by atoms with Gasteiger partial charge in [0, 0.05) is 24.6 Å². The summed E-state index contributed by atoms with van der Waals surface area (Å²) >= 11 is 1.87. The third kappa shape index (κ3) is 3.32. The lowest BCUT2D eigenvalue weighted by molar-refractivity contribution is -0.122. The van der Waals surface area contributed by atoms with Crippen LogP contribution in [0.3, 0.4) is 0 Å². The SMILES string of the molecule is CCOC(=O)c1ccc(N2C(=O)C[C@@H](N3CCSCC3)C2=O)cc1. The van der Waals surface area contributed by atoms with E-state index in [1.165, 1.54) is 4.90 Å². The number of anilines is 1. The van der Waals surface area contributed by atoms with Crippen molar-refractivity contribution in [3.63, 3.8) is 0 Å². The van der Waals surface area contributed by atoms with Gasteiger partial charge in [0.2, 0.25) is 5.91 Å². The minimum absolute atomic E-state index is 0.171. The molecule has 0 saturated carbocycles. The minimum Gasteiger partial charge on any atom is -0.462 e. The van der Waals surface area contributed by atoms with Crippen molar-refractivity contribution in [3.8, 4) is 0 Å². The molecule has 2 aliphatic rings. The molecule has 0 aromatic heterocycles. The number of hydrogen-bond donors (Lipinski definition) is 0. The standard InChI is InChI=1S/C17H20N2O4S/c1-2-23-17(22)12-3-5-13(6-4-12)19-15(20)11-14(16(19)21)18-7-9-24-10-8-18/h3-6,14H,2,7-11H2,1H3/t14-/m1/s1. The number of nitrogens with zero attached hydrogens (tertiary/aromatic N) is 2. The molecule has 6 nitrogen and oxygen atoms in total. The summed E-state index contributed by atoms with van der Waals surface area (Å²) in [5.74, 6) is 1.22. The van der Waals surface area contributed by atoms with E-state index in [0.29, 0.717) is 17.9 Å². The van der Waals surface area contributed by atoms with E-state index in [-0.39, 0.29) is 24.3 Å². The second kappa shape index (κ2) is 7.36. The van der Waals surface area contributed by atoms with Crippen LogP contribution < -0.4 is 4.90 Å². The largest absolute Gasteiger partial charge is 0.462 e. The third-order valence-electron chi connectivity index (χ3n) is 4.25. The Balaban J connectivity index is 1.75. The quantitative estimate of drug-likeness (QED) is 0.607. The highest BCUT2D eigenvalue weighted by Gasteiger charge is 2.42. The molecule has 0 aliphatic carbocycles. The van der Waals surface area contributed by atoms with Crippen LogP contribution in [0.2, 0.25) is 0 Å². The summed E-state index contributed by atoms with van der Waals surface area (Å²) in [6.07, 6.45) is 0.225. The van der Waals surface area contributed by atoms with Gasteiger partial charge in [-0.25, -0.2) is 9.69 Å². The molecule has 0 bridgehead atoms. The Morgan fingerprint density at radius 1 is 1.21 bits per heavy atom. The van der Waals surface area contributed by atoms with Crippen LogP contribution in [0.4, 0.5) is 5.69 Å². The lowest BCUT2D eigenvalue weighted by Gasteiger charge is -2.30. The first kappa shape index (κ1) is 17.0. The van der Waals surface area contributed by atoms with E-state index in [1.807, 2.05) is 11.8 Å². The van der Waals surface area contributed by atoms with E-state index < -0.39 is 5.97 Å². The molecule has 2 heterocycles. The van der Waals surface area contributed by atoms with Crippen LogP contribution >= 0.6 is 11.8 Å². The molecule has 128 valence electrons. The minimum atomic E-state index is -0.410. The molecule has 0 unspecified atom stereocenters. The van der Waals surface area contributed by atoms with Gasteiger partial charge < -0.3 is 4.74 Å². The predicted molar refractivity (Wildman–Crippen MR) is 92.2 cm³/mol. The Morgan fingerprint density at radius 2 is 1.88 bits per heavy atom. The first-order chi connectivity index (χ1) is 11.6. The molecule has 24 heavy (non-hydrogen) atoms. The van der Waals surface area contributed by atoms with Gasteiger partial charge in [-0.05, 0) is 31.2 Å². The number of thioether (sulfide) groups is 1. The molecule has 3 rings (SSSR count). The van der Waals surface area contributed by atoms with Crippen molar-refractivity contribution < 1.29 is 19.1 Å². The van der Waals surface area contributed by atoms with Gasteiger partial charge in [-0.1, -0.05) is 0 Å². The number of ether oxygens (including phenoxy) is 1. The van der Waals surface area contributed by atoms with Gasteiger partial charge in [-0.2, -0.15) is 11.8 Å². The Bertz CT molecular complexity index is 640. The first-order valence-corrected chi connectivity index (χ1v) is 9.23. The normalized spacial score (nSPS) is 22.0. The molecule has 2 saturated heterocycles. The van der Waals surface area contributed by atoms with E-state index in [2.05, 4.69) is 4.90 Å². The molecule has 1 aromatic rings. The van der Waals surface area contributed by atoms with Crippen molar-refractivity contribution in [3.05, 3.63) is 29.8 Å². The molecule has 2 amide bonds. The van der Waals surface area contributed by atoms with Crippen LogP contribution in [0.25, 0.3) is 0 Å². The first-order valence-electron chi connectivity index (χ1n) is 8.07. The highest BCUT2D eigenvalue weighted by atomic mass is 32.2. The summed E-state index contributed by atoms with van der Waals surface area (Å²) in [5.41, 5.74) is 0.913. The van der Waals surface area contributed by atoms with E-state index >= 15 is 0 Å². The number of benzene rings is 1. The summed E-state index contributed by atoms with van der Waals surface area (Å²) < 4.78 is 4.94. The molecule has 0 radical (unpaired) electrons. The molecular weight excluding hydrogens is 328 g/mol. The van der Waals surface area contributed by atoms with Crippen molar-refractivity contribution in [1.82, 2.24) is 4.90 Å². The number of esters is 1. The van der Waals surface area contributed by atoms with Crippen LogP contribution in [-0.2, 0) is 14.3 Å². The lowest BCUT2D eigenvalue weighted by Crippen LogP contribution is -2.45. The molecule has 2 aliphatic heterocycles. The molecule has 1 atom stereocenters. The summed E-state index contributed by atoms with van der Waals surface area (Å²) in [6, 6.07) is 6.05. The number of hydrogen-bond acceptors (Lipinski definition) is 6. The van der Waals surface area contributed by atoms with Gasteiger partial charge in [0.05, 0.1) is 30.3 Å². The monoisotopic (exact) mass is 348 g/mol. The van der Waals surface area contributed by atoms with Crippen molar-refractivity contribution >= 4 is 35.2 Å². The van der Waals surface area contributed by atoms with E-state index in [4.69, 9.17) is 4.74 Å². The fourth-order valence-electron chi connectivity index (χ4n) is 3.02. The Labute approximate surface area is 145 Å². The highest BCUT2D eigenvalue weighted by molar-refractivity contribution is 7.99. The molecule has 7 heteroatoms. The summed E-state index contributed by atoms with van der Waals surface area (Å²) in [7, 11) is 0. The number of rotatable bonds is 4. The second-order valence-electron chi connectivity index (χ2n) is 5.70. The van der Waals surface area contributed by atoms with Crippen LogP contribution in [0.15, 0.2) is 24.3 Å². The third-order valence-corrected chi connectivity index (χ3v) is 5.19. The number of amides is 2. The van der Waals surface area contributed by atoms with Gasteiger partial charge in [-0.3, -0.25) is 14.5 Å². The maximum Gasteiger partial charge on any atom is 0.338 e. The average molecular weight is 348 g/mol. The molecule has 1 aromatic carbocycles. The Hall–Kier alpha value is -1.86. The predicted octanol–water partition coefficient (Wildman–Crippen LogP) is 1.54. The smallest absolute Gasteiger partial charge is 0.338 e.